The third kappa shape index (κ3) is 2.04. The van der Waals surface area contributed by atoms with E-state index in [9.17, 15) is 0 Å². The molecule has 0 amide bonds. The maximum Gasteiger partial charge on any atom is 0.157 e. The maximum atomic E-state index is 4.43. The standard InChI is InChI=1S/C13H12N4S/c18-16-12-6-8-17(15-12)9-11-4-1-3-10-5-2-7-14-13(10)11/h1-8,18H,9H2,(H,15,16). The van der Waals surface area contributed by atoms with Crippen LogP contribution < -0.4 is 4.72 Å². The SMILES string of the molecule is SNc1ccn(Cc2cccc3cccnc23)n1. The summed E-state index contributed by atoms with van der Waals surface area (Å²) in [6.45, 7) is 0.698. The molecule has 0 saturated heterocycles. The lowest BCUT2D eigenvalue weighted by Crippen LogP contribution is -2.01. The van der Waals surface area contributed by atoms with Gasteiger partial charge in [0.05, 0.1) is 12.1 Å². The number of nitrogens with one attached hydrogen (secondary N) is 1. The Hall–Kier alpha value is -2.01. The molecule has 0 aliphatic rings. The number of benzene rings is 1. The molecule has 90 valence electrons. The average molecular weight is 256 g/mol. The van der Waals surface area contributed by atoms with Crippen molar-refractivity contribution in [1.82, 2.24) is 14.8 Å². The molecule has 0 radical (unpaired) electrons. The summed E-state index contributed by atoms with van der Waals surface area (Å²) in [5.74, 6) is 0.742. The van der Waals surface area contributed by atoms with E-state index in [1.165, 1.54) is 0 Å². The van der Waals surface area contributed by atoms with Gasteiger partial charge >= 0.3 is 0 Å². The molecule has 0 bridgehead atoms. The lowest BCUT2D eigenvalue weighted by Gasteiger charge is -2.05. The first-order valence-corrected chi connectivity index (χ1v) is 6.08. The Labute approximate surface area is 110 Å². The molecule has 0 spiro atoms. The summed E-state index contributed by atoms with van der Waals surface area (Å²) in [6.07, 6.45) is 3.73. The summed E-state index contributed by atoms with van der Waals surface area (Å²) < 4.78 is 4.58. The van der Waals surface area contributed by atoms with Crippen LogP contribution in [0.5, 0.6) is 0 Å². The van der Waals surface area contributed by atoms with E-state index in [4.69, 9.17) is 0 Å². The highest BCUT2D eigenvalue weighted by molar-refractivity contribution is 7.81. The van der Waals surface area contributed by atoms with Crippen molar-refractivity contribution in [3.63, 3.8) is 0 Å². The smallest absolute Gasteiger partial charge is 0.157 e. The number of nitrogens with zero attached hydrogens (tertiary/aromatic N) is 3. The van der Waals surface area contributed by atoms with Crippen LogP contribution in [-0.2, 0) is 6.54 Å². The van der Waals surface area contributed by atoms with E-state index < -0.39 is 0 Å². The predicted octanol–water partition coefficient (Wildman–Crippen LogP) is 2.74. The van der Waals surface area contributed by atoms with Gasteiger partial charge in [-0.2, -0.15) is 5.10 Å². The molecule has 0 aliphatic carbocycles. The first-order chi connectivity index (χ1) is 8.86. The van der Waals surface area contributed by atoms with E-state index in [2.05, 4.69) is 45.8 Å². The zero-order valence-electron chi connectivity index (χ0n) is 9.61. The highest BCUT2D eigenvalue weighted by Gasteiger charge is 2.03. The van der Waals surface area contributed by atoms with Crippen LogP contribution in [0, 0.1) is 0 Å². The topological polar surface area (TPSA) is 42.7 Å². The number of aromatic nitrogens is 3. The molecule has 3 aromatic rings. The van der Waals surface area contributed by atoms with Crippen LogP contribution >= 0.6 is 12.8 Å². The largest absolute Gasteiger partial charge is 0.316 e. The van der Waals surface area contributed by atoms with Crippen LogP contribution in [0.2, 0.25) is 0 Å². The Morgan fingerprint density at radius 3 is 2.89 bits per heavy atom. The number of pyridine rings is 1. The lowest BCUT2D eigenvalue weighted by atomic mass is 10.1. The summed E-state index contributed by atoms with van der Waals surface area (Å²) in [4.78, 5) is 4.43. The minimum atomic E-state index is 0.698. The van der Waals surface area contributed by atoms with Crippen molar-refractivity contribution in [2.75, 3.05) is 4.72 Å². The van der Waals surface area contributed by atoms with Gasteiger partial charge in [-0.15, -0.1) is 0 Å². The van der Waals surface area contributed by atoms with Gasteiger partial charge in [-0.3, -0.25) is 9.67 Å². The zero-order chi connectivity index (χ0) is 12.4. The summed E-state index contributed by atoms with van der Waals surface area (Å²) in [6, 6.07) is 12.1. The molecule has 2 aromatic heterocycles. The Bertz CT molecular complexity index is 672. The van der Waals surface area contributed by atoms with Gasteiger partial charge in [-0.1, -0.05) is 37.1 Å². The Morgan fingerprint density at radius 2 is 2.06 bits per heavy atom. The van der Waals surface area contributed by atoms with Gasteiger partial charge in [0.15, 0.2) is 5.82 Å². The molecular weight excluding hydrogens is 244 g/mol. The molecule has 18 heavy (non-hydrogen) atoms. The Morgan fingerprint density at radius 1 is 1.17 bits per heavy atom. The number of anilines is 1. The second kappa shape index (κ2) is 4.70. The zero-order valence-corrected chi connectivity index (χ0v) is 10.5. The highest BCUT2D eigenvalue weighted by atomic mass is 32.1. The molecule has 0 unspecified atom stereocenters. The summed E-state index contributed by atoms with van der Waals surface area (Å²) in [5, 5.41) is 5.48. The number of fused-ring (bicyclic) bond motifs is 1. The molecule has 0 saturated carbocycles. The van der Waals surface area contributed by atoms with E-state index in [0.29, 0.717) is 6.54 Å². The quantitative estimate of drug-likeness (QED) is 0.708. The fourth-order valence-electron chi connectivity index (χ4n) is 1.98. The van der Waals surface area contributed by atoms with Crippen LogP contribution in [0.15, 0.2) is 48.8 Å². The summed E-state index contributed by atoms with van der Waals surface area (Å²) in [5.41, 5.74) is 2.18. The molecule has 0 atom stereocenters. The van der Waals surface area contributed by atoms with E-state index in [1.807, 2.05) is 35.3 Å². The lowest BCUT2D eigenvalue weighted by molar-refractivity contribution is 0.693. The molecule has 2 heterocycles. The Balaban J connectivity index is 1.99. The van der Waals surface area contributed by atoms with Crippen molar-refractivity contribution in [3.8, 4) is 0 Å². The van der Waals surface area contributed by atoms with Crippen molar-refractivity contribution in [2.45, 2.75) is 6.54 Å². The van der Waals surface area contributed by atoms with Gasteiger partial charge in [0.25, 0.3) is 0 Å². The first-order valence-electron chi connectivity index (χ1n) is 5.63. The van der Waals surface area contributed by atoms with E-state index in [-0.39, 0.29) is 0 Å². The molecule has 5 heteroatoms. The van der Waals surface area contributed by atoms with Crippen molar-refractivity contribution < 1.29 is 0 Å². The molecule has 0 fully saturated rings. The fraction of sp³-hybridized carbons (Fsp3) is 0.0769. The van der Waals surface area contributed by atoms with E-state index in [1.54, 1.807) is 0 Å². The van der Waals surface area contributed by atoms with Gasteiger partial charge in [-0.25, -0.2) is 0 Å². The number of thiol groups is 1. The van der Waals surface area contributed by atoms with Gasteiger partial charge in [0.2, 0.25) is 0 Å². The molecule has 1 aromatic carbocycles. The number of rotatable bonds is 3. The third-order valence-electron chi connectivity index (χ3n) is 2.80. The number of hydrogen-bond acceptors (Lipinski definition) is 4. The highest BCUT2D eigenvalue weighted by Crippen LogP contribution is 2.17. The third-order valence-corrected chi connectivity index (χ3v) is 3.03. The van der Waals surface area contributed by atoms with Gasteiger partial charge in [-0.05, 0) is 11.6 Å². The van der Waals surface area contributed by atoms with Gasteiger partial charge in [0.1, 0.15) is 0 Å². The van der Waals surface area contributed by atoms with Gasteiger partial charge < -0.3 is 4.72 Å². The molecular formula is C13H12N4S. The van der Waals surface area contributed by atoms with Crippen LogP contribution in [0.1, 0.15) is 5.56 Å². The summed E-state index contributed by atoms with van der Waals surface area (Å²) >= 11 is 3.97. The normalized spacial score (nSPS) is 10.7. The first kappa shape index (κ1) is 11.1. The summed E-state index contributed by atoms with van der Waals surface area (Å²) in [7, 11) is 0. The predicted molar refractivity (Wildman–Crippen MR) is 75.7 cm³/mol. The van der Waals surface area contributed by atoms with Crippen LogP contribution in [0.3, 0.4) is 0 Å². The molecule has 3 rings (SSSR count). The van der Waals surface area contributed by atoms with Crippen LogP contribution in [0.25, 0.3) is 10.9 Å². The minimum Gasteiger partial charge on any atom is -0.316 e. The van der Waals surface area contributed by atoms with E-state index >= 15 is 0 Å². The Kier molecular flexibility index (Phi) is 2.90. The number of hydrogen-bond donors (Lipinski definition) is 2. The molecule has 1 N–H and O–H groups in total. The number of para-hydroxylation sites is 1. The second-order valence-electron chi connectivity index (χ2n) is 4.00. The second-order valence-corrected chi connectivity index (χ2v) is 4.23. The van der Waals surface area contributed by atoms with Crippen molar-refractivity contribution in [3.05, 3.63) is 54.4 Å². The molecule has 4 nitrogen and oxygen atoms in total. The minimum absolute atomic E-state index is 0.698. The van der Waals surface area contributed by atoms with Crippen molar-refractivity contribution >= 4 is 29.5 Å². The monoisotopic (exact) mass is 256 g/mol. The van der Waals surface area contributed by atoms with Crippen LogP contribution in [-0.4, -0.2) is 14.8 Å². The van der Waals surface area contributed by atoms with Crippen LogP contribution in [0.4, 0.5) is 5.82 Å². The average Bonchev–Trinajstić information content (AvgIpc) is 2.87. The van der Waals surface area contributed by atoms with Crippen molar-refractivity contribution in [1.29, 1.82) is 0 Å². The molecule has 0 aliphatic heterocycles. The maximum absolute atomic E-state index is 4.43. The fourth-order valence-corrected chi connectivity index (χ4v) is 2.10. The van der Waals surface area contributed by atoms with Gasteiger partial charge in [0, 0.05) is 23.8 Å². The van der Waals surface area contributed by atoms with Crippen molar-refractivity contribution in [2.24, 2.45) is 0 Å². The van der Waals surface area contributed by atoms with E-state index in [0.717, 1.165) is 22.3 Å².